The van der Waals surface area contributed by atoms with Gasteiger partial charge in [-0.05, 0) is 25.5 Å². The van der Waals surface area contributed by atoms with Crippen LogP contribution in [0.25, 0.3) is 0 Å². The summed E-state index contributed by atoms with van der Waals surface area (Å²) >= 11 is 0. The molecule has 1 aromatic heterocycles. The van der Waals surface area contributed by atoms with Crippen LogP contribution in [0.5, 0.6) is 0 Å². The van der Waals surface area contributed by atoms with Crippen molar-refractivity contribution in [3.8, 4) is 0 Å². The zero-order chi connectivity index (χ0) is 14.2. The fourth-order valence-corrected chi connectivity index (χ4v) is 2.42. The quantitative estimate of drug-likeness (QED) is 0.751. The number of hydrogen-bond acceptors (Lipinski definition) is 3. The van der Waals surface area contributed by atoms with Gasteiger partial charge in [-0.1, -0.05) is 37.3 Å². The summed E-state index contributed by atoms with van der Waals surface area (Å²) in [5.41, 5.74) is 1.36. The normalized spacial score (nSPS) is 12.5. The van der Waals surface area contributed by atoms with Crippen LogP contribution in [0.1, 0.15) is 37.6 Å². The minimum absolute atomic E-state index is 0.442. The fourth-order valence-electron chi connectivity index (χ4n) is 2.42. The molecule has 0 amide bonds. The van der Waals surface area contributed by atoms with Crippen LogP contribution in [0.2, 0.25) is 0 Å². The molecule has 0 spiro atoms. The molecule has 1 unspecified atom stereocenters. The highest BCUT2D eigenvalue weighted by molar-refractivity contribution is 5.21. The number of aromatic nitrogens is 3. The van der Waals surface area contributed by atoms with Crippen LogP contribution in [-0.2, 0) is 13.0 Å². The van der Waals surface area contributed by atoms with Crippen LogP contribution >= 0.6 is 0 Å². The number of benzene rings is 1. The molecule has 0 bridgehead atoms. The molecule has 0 saturated heterocycles. The number of rotatable bonds is 8. The van der Waals surface area contributed by atoms with Crippen molar-refractivity contribution in [3.05, 3.63) is 48.0 Å². The van der Waals surface area contributed by atoms with E-state index < -0.39 is 0 Å². The highest BCUT2D eigenvalue weighted by Gasteiger charge is 2.15. The first-order valence-corrected chi connectivity index (χ1v) is 7.47. The van der Waals surface area contributed by atoms with E-state index in [1.807, 2.05) is 4.68 Å². The Balaban J connectivity index is 2.10. The van der Waals surface area contributed by atoms with Gasteiger partial charge in [0.05, 0.1) is 0 Å². The highest BCUT2D eigenvalue weighted by Crippen LogP contribution is 2.19. The third-order valence-electron chi connectivity index (χ3n) is 3.51. The molecule has 0 saturated carbocycles. The molecule has 0 fully saturated rings. The van der Waals surface area contributed by atoms with Crippen molar-refractivity contribution in [2.45, 2.75) is 39.2 Å². The van der Waals surface area contributed by atoms with Gasteiger partial charge in [-0.15, -0.1) is 0 Å². The van der Waals surface area contributed by atoms with Gasteiger partial charge >= 0.3 is 0 Å². The fraction of sp³-hybridized carbons (Fsp3) is 0.500. The number of nitrogens with zero attached hydrogens (tertiary/aromatic N) is 3. The summed E-state index contributed by atoms with van der Waals surface area (Å²) in [5.74, 6) is 1.51. The lowest BCUT2D eigenvalue weighted by Gasteiger charge is -2.18. The van der Waals surface area contributed by atoms with Gasteiger partial charge in [0.25, 0.3) is 0 Å². The molecule has 0 aliphatic heterocycles. The van der Waals surface area contributed by atoms with E-state index in [-0.39, 0.29) is 0 Å². The molecule has 1 N–H and O–H groups in total. The third kappa shape index (κ3) is 3.90. The van der Waals surface area contributed by atoms with Crippen molar-refractivity contribution in [2.24, 2.45) is 0 Å². The predicted octanol–water partition coefficient (Wildman–Crippen LogP) is 2.62. The maximum absolute atomic E-state index is 4.40. The molecule has 4 heteroatoms. The Labute approximate surface area is 121 Å². The van der Waals surface area contributed by atoms with E-state index in [1.54, 1.807) is 6.33 Å². The Morgan fingerprint density at radius 3 is 2.70 bits per heavy atom. The molecule has 0 radical (unpaired) electrons. The maximum atomic E-state index is 4.40. The lowest BCUT2D eigenvalue weighted by atomic mass is 9.95. The topological polar surface area (TPSA) is 42.7 Å². The van der Waals surface area contributed by atoms with Crippen LogP contribution in [0.4, 0.5) is 0 Å². The maximum Gasteiger partial charge on any atom is 0.138 e. The van der Waals surface area contributed by atoms with Crippen LogP contribution in [-0.4, -0.2) is 27.9 Å². The van der Waals surface area contributed by atoms with Gasteiger partial charge < -0.3 is 5.32 Å². The Kier molecular flexibility index (Phi) is 5.74. The molecule has 1 atom stereocenters. The Hall–Kier alpha value is -1.68. The Morgan fingerprint density at radius 1 is 1.20 bits per heavy atom. The van der Waals surface area contributed by atoms with Gasteiger partial charge in [0, 0.05) is 25.4 Å². The average Bonchev–Trinajstić information content (AvgIpc) is 2.94. The van der Waals surface area contributed by atoms with Gasteiger partial charge in [0.15, 0.2) is 0 Å². The molecular formula is C16H24N4. The van der Waals surface area contributed by atoms with Crippen LogP contribution in [0, 0.1) is 0 Å². The summed E-state index contributed by atoms with van der Waals surface area (Å²) in [6, 6.07) is 10.7. The van der Waals surface area contributed by atoms with Crippen molar-refractivity contribution in [3.63, 3.8) is 0 Å². The van der Waals surface area contributed by atoms with Gasteiger partial charge in [0.2, 0.25) is 0 Å². The van der Waals surface area contributed by atoms with E-state index in [9.17, 15) is 0 Å². The Bertz CT molecular complexity index is 492. The molecule has 2 aromatic rings. The van der Waals surface area contributed by atoms with E-state index in [1.165, 1.54) is 5.56 Å². The third-order valence-corrected chi connectivity index (χ3v) is 3.51. The molecule has 0 aliphatic carbocycles. The minimum atomic E-state index is 0.442. The van der Waals surface area contributed by atoms with E-state index in [0.29, 0.717) is 5.92 Å². The summed E-state index contributed by atoms with van der Waals surface area (Å²) < 4.78 is 1.98. The van der Waals surface area contributed by atoms with E-state index in [4.69, 9.17) is 0 Å². The number of nitrogens with one attached hydrogen (secondary N) is 1. The first-order chi connectivity index (χ1) is 9.85. The molecule has 108 valence electrons. The standard InChI is InChI=1S/C16H24N4/c1-3-10-17-12-15(14-8-6-5-7-9-14)11-16-18-13-19-20(16)4-2/h5-9,13,15,17H,3-4,10-12H2,1-2H3. The van der Waals surface area contributed by atoms with Crippen molar-refractivity contribution < 1.29 is 0 Å². The molecular weight excluding hydrogens is 248 g/mol. The highest BCUT2D eigenvalue weighted by atomic mass is 15.3. The first kappa shape index (κ1) is 14.7. The molecule has 2 rings (SSSR count). The molecule has 4 nitrogen and oxygen atoms in total. The lowest BCUT2D eigenvalue weighted by molar-refractivity contribution is 0.536. The lowest BCUT2D eigenvalue weighted by Crippen LogP contribution is -2.24. The summed E-state index contributed by atoms with van der Waals surface area (Å²) in [6.45, 7) is 7.21. The summed E-state index contributed by atoms with van der Waals surface area (Å²) in [4.78, 5) is 4.40. The van der Waals surface area contributed by atoms with Gasteiger partial charge in [0.1, 0.15) is 12.2 Å². The van der Waals surface area contributed by atoms with Crippen molar-refractivity contribution in [1.29, 1.82) is 0 Å². The summed E-state index contributed by atoms with van der Waals surface area (Å²) in [5, 5.41) is 7.79. The van der Waals surface area contributed by atoms with Gasteiger partial charge in [-0.2, -0.15) is 5.10 Å². The van der Waals surface area contributed by atoms with Crippen LogP contribution in [0.3, 0.4) is 0 Å². The van der Waals surface area contributed by atoms with Gasteiger partial charge in [-0.25, -0.2) is 4.98 Å². The zero-order valence-electron chi connectivity index (χ0n) is 12.4. The number of aryl methyl sites for hydroxylation is 1. The van der Waals surface area contributed by atoms with Crippen LogP contribution < -0.4 is 5.32 Å². The largest absolute Gasteiger partial charge is 0.316 e. The minimum Gasteiger partial charge on any atom is -0.316 e. The molecule has 1 aromatic carbocycles. The van der Waals surface area contributed by atoms with E-state index in [2.05, 4.69) is 59.6 Å². The second kappa shape index (κ2) is 7.80. The van der Waals surface area contributed by atoms with Crippen molar-refractivity contribution in [1.82, 2.24) is 20.1 Å². The van der Waals surface area contributed by atoms with Crippen molar-refractivity contribution in [2.75, 3.05) is 13.1 Å². The molecule has 1 heterocycles. The SMILES string of the molecule is CCCNCC(Cc1ncnn1CC)c1ccccc1. The van der Waals surface area contributed by atoms with E-state index >= 15 is 0 Å². The smallest absolute Gasteiger partial charge is 0.138 e. The molecule has 20 heavy (non-hydrogen) atoms. The predicted molar refractivity (Wildman–Crippen MR) is 81.7 cm³/mol. The molecule has 0 aliphatic rings. The average molecular weight is 272 g/mol. The van der Waals surface area contributed by atoms with Crippen molar-refractivity contribution >= 4 is 0 Å². The second-order valence-electron chi connectivity index (χ2n) is 5.01. The summed E-state index contributed by atoms with van der Waals surface area (Å²) in [7, 11) is 0. The zero-order valence-corrected chi connectivity index (χ0v) is 12.4. The van der Waals surface area contributed by atoms with Gasteiger partial charge in [-0.3, -0.25) is 4.68 Å². The second-order valence-corrected chi connectivity index (χ2v) is 5.01. The Morgan fingerprint density at radius 2 is 2.00 bits per heavy atom. The number of hydrogen-bond donors (Lipinski definition) is 1. The monoisotopic (exact) mass is 272 g/mol. The first-order valence-electron chi connectivity index (χ1n) is 7.47. The van der Waals surface area contributed by atoms with Crippen LogP contribution in [0.15, 0.2) is 36.7 Å². The summed E-state index contributed by atoms with van der Waals surface area (Å²) in [6.07, 6.45) is 3.74. The van der Waals surface area contributed by atoms with E-state index in [0.717, 1.165) is 38.3 Å².